The minimum atomic E-state index is -1.28. The molecule has 0 bridgehead atoms. The molecule has 24 heavy (non-hydrogen) atoms. The molecule has 0 N–H and O–H groups in total. The van der Waals surface area contributed by atoms with E-state index in [-0.39, 0.29) is 11.8 Å². The molecule has 3 heterocycles. The van der Waals surface area contributed by atoms with Gasteiger partial charge in [0.05, 0.1) is 13.7 Å². The van der Waals surface area contributed by atoms with Gasteiger partial charge in [0.15, 0.2) is 16.4 Å². The fourth-order valence-electron chi connectivity index (χ4n) is 3.78. The van der Waals surface area contributed by atoms with Gasteiger partial charge in [0.1, 0.15) is 21.3 Å². The molecule has 6 heteroatoms. The Morgan fingerprint density at radius 1 is 1.21 bits per heavy atom. The smallest absolute Gasteiger partial charge is 0.294 e. The van der Waals surface area contributed by atoms with E-state index in [1.165, 1.54) is 0 Å². The summed E-state index contributed by atoms with van der Waals surface area (Å²) in [6.45, 7) is 8.21. The Morgan fingerprint density at radius 2 is 1.96 bits per heavy atom. The first-order valence-corrected chi connectivity index (χ1v) is 9.25. The number of hydrogen-bond acceptors (Lipinski definition) is 5. The lowest BCUT2D eigenvalue weighted by atomic mass is 9.73. The van der Waals surface area contributed by atoms with Crippen molar-refractivity contribution < 1.29 is 23.2 Å². The lowest BCUT2D eigenvalue weighted by Crippen LogP contribution is -2.47. The molecule has 1 aromatic carbocycles. The Balaban J connectivity index is 1.93. The Labute approximate surface area is 144 Å². The van der Waals surface area contributed by atoms with Crippen molar-refractivity contribution in [3.8, 4) is 11.5 Å². The van der Waals surface area contributed by atoms with Crippen molar-refractivity contribution >= 4 is 10.8 Å². The zero-order valence-corrected chi connectivity index (χ0v) is 15.4. The van der Waals surface area contributed by atoms with E-state index in [4.69, 9.17) is 18.9 Å². The third-order valence-corrected chi connectivity index (χ3v) is 6.89. The van der Waals surface area contributed by atoms with Crippen molar-refractivity contribution in [3.63, 3.8) is 0 Å². The van der Waals surface area contributed by atoms with E-state index < -0.39 is 21.3 Å². The number of para-hydroxylation sites is 1. The molecular weight excluding hydrogens is 328 g/mol. The van der Waals surface area contributed by atoms with Crippen molar-refractivity contribution in [2.75, 3.05) is 13.7 Å². The van der Waals surface area contributed by atoms with Crippen LogP contribution in [0.15, 0.2) is 29.0 Å². The number of rotatable bonds is 1. The maximum absolute atomic E-state index is 13.1. The second-order valence-corrected chi connectivity index (χ2v) is 9.36. The molecule has 3 aliphatic rings. The molecule has 3 atom stereocenters. The van der Waals surface area contributed by atoms with Crippen LogP contribution in [0.4, 0.5) is 0 Å². The van der Waals surface area contributed by atoms with Crippen LogP contribution >= 0.6 is 0 Å². The molecule has 130 valence electrons. The molecule has 5 nitrogen and oxygen atoms in total. The quantitative estimate of drug-likeness (QED) is 0.778. The van der Waals surface area contributed by atoms with Crippen molar-refractivity contribution in [1.29, 1.82) is 0 Å². The topological polar surface area (TPSA) is 54.0 Å². The minimum Gasteiger partial charge on any atom is -0.493 e. The molecule has 4 rings (SSSR count). The summed E-state index contributed by atoms with van der Waals surface area (Å²) in [5.74, 6) is 1.83. The average Bonchev–Trinajstić information content (AvgIpc) is 2.74. The van der Waals surface area contributed by atoms with Crippen LogP contribution in [0, 0.1) is 5.92 Å². The van der Waals surface area contributed by atoms with Crippen molar-refractivity contribution in [2.45, 2.75) is 44.1 Å². The maximum Gasteiger partial charge on any atom is 0.294 e. The highest BCUT2D eigenvalue weighted by molar-refractivity contribution is 7.90. The lowest BCUT2D eigenvalue weighted by molar-refractivity contribution is -0.125. The fraction of sp³-hybridized carbons (Fsp3) is 0.556. The van der Waals surface area contributed by atoms with E-state index in [1.807, 2.05) is 45.9 Å². The molecule has 0 radical (unpaired) electrons. The standard InChI is InChI=1S/C18H22O5S/c1-17(2)11-9-21-14-10(7-6-8-12(14)20-5)13(11)15-16(22-17)23-18(3,4)24(15)19/h6-8,11,13H,9H2,1-5H3/t11-,13+,24?/m0/s1. The summed E-state index contributed by atoms with van der Waals surface area (Å²) in [4.78, 5) is -0.0467. The molecular formula is C18H22O5S. The predicted octanol–water partition coefficient (Wildman–Crippen LogP) is 3.28. The fourth-order valence-corrected chi connectivity index (χ4v) is 5.22. The summed E-state index contributed by atoms with van der Waals surface area (Å²) in [5, 5.41) is 0. The zero-order chi connectivity index (χ0) is 17.3. The minimum absolute atomic E-state index is 0.0531. The van der Waals surface area contributed by atoms with Gasteiger partial charge < -0.3 is 18.9 Å². The largest absolute Gasteiger partial charge is 0.493 e. The molecule has 0 fully saturated rings. The molecule has 3 aliphatic heterocycles. The summed E-state index contributed by atoms with van der Waals surface area (Å²) >= 11 is 0. The number of ether oxygens (including phenoxy) is 4. The van der Waals surface area contributed by atoms with E-state index in [1.54, 1.807) is 7.11 Å². The van der Waals surface area contributed by atoms with E-state index in [9.17, 15) is 4.21 Å². The summed E-state index contributed by atoms with van der Waals surface area (Å²) < 4.78 is 36.5. The average molecular weight is 350 g/mol. The monoisotopic (exact) mass is 350 g/mol. The van der Waals surface area contributed by atoms with Crippen LogP contribution in [0.1, 0.15) is 39.2 Å². The van der Waals surface area contributed by atoms with Gasteiger partial charge in [0.25, 0.3) is 5.95 Å². The molecule has 0 saturated carbocycles. The van der Waals surface area contributed by atoms with Gasteiger partial charge >= 0.3 is 0 Å². The first-order chi connectivity index (χ1) is 11.3. The SMILES string of the molecule is COc1cccc2c1OC[C@H]1[C@@H]2C2=C(OC1(C)C)OC(C)(C)S2=O. The highest BCUT2D eigenvalue weighted by Gasteiger charge is 2.57. The molecule has 1 unspecified atom stereocenters. The molecule has 0 spiro atoms. The van der Waals surface area contributed by atoms with Gasteiger partial charge in [-0.3, -0.25) is 4.21 Å². The normalized spacial score (nSPS) is 31.8. The van der Waals surface area contributed by atoms with E-state index in [0.717, 1.165) is 16.2 Å². The first-order valence-electron chi connectivity index (χ1n) is 8.10. The van der Waals surface area contributed by atoms with Gasteiger partial charge in [-0.25, -0.2) is 0 Å². The third-order valence-electron chi connectivity index (χ3n) is 5.09. The highest BCUT2D eigenvalue weighted by Crippen LogP contribution is 2.57. The second-order valence-electron chi connectivity index (χ2n) is 7.40. The Bertz CT molecular complexity index is 765. The first kappa shape index (κ1) is 15.8. The van der Waals surface area contributed by atoms with Crippen LogP contribution in [-0.2, 0) is 20.3 Å². The Morgan fingerprint density at radius 3 is 2.67 bits per heavy atom. The number of methoxy groups -OCH3 is 1. The summed E-state index contributed by atoms with van der Waals surface area (Å²) in [6, 6.07) is 5.84. The second kappa shape index (κ2) is 4.91. The van der Waals surface area contributed by atoms with Crippen LogP contribution in [0.2, 0.25) is 0 Å². The lowest BCUT2D eigenvalue weighted by Gasteiger charge is -2.45. The molecule has 0 saturated heterocycles. The van der Waals surface area contributed by atoms with Gasteiger partial charge in [-0.05, 0) is 33.8 Å². The Hall–Kier alpha value is -1.69. The van der Waals surface area contributed by atoms with Gasteiger partial charge in [-0.1, -0.05) is 12.1 Å². The molecule has 0 aromatic heterocycles. The summed E-state index contributed by atoms with van der Waals surface area (Å²) in [6.07, 6.45) is 0. The van der Waals surface area contributed by atoms with Crippen molar-refractivity contribution in [3.05, 3.63) is 34.6 Å². The van der Waals surface area contributed by atoms with Gasteiger partial charge in [0, 0.05) is 17.4 Å². The summed E-state index contributed by atoms with van der Waals surface area (Å²) in [7, 11) is 0.348. The van der Waals surface area contributed by atoms with Gasteiger partial charge in [-0.15, -0.1) is 0 Å². The predicted molar refractivity (Wildman–Crippen MR) is 90.2 cm³/mol. The van der Waals surface area contributed by atoms with Crippen LogP contribution in [-0.4, -0.2) is 28.5 Å². The van der Waals surface area contributed by atoms with Crippen LogP contribution in [0.3, 0.4) is 0 Å². The highest BCUT2D eigenvalue weighted by atomic mass is 32.2. The molecule has 0 amide bonds. The number of benzene rings is 1. The van der Waals surface area contributed by atoms with Gasteiger partial charge in [0.2, 0.25) is 0 Å². The van der Waals surface area contributed by atoms with Crippen molar-refractivity contribution in [1.82, 2.24) is 0 Å². The van der Waals surface area contributed by atoms with E-state index in [2.05, 4.69) is 0 Å². The van der Waals surface area contributed by atoms with E-state index in [0.29, 0.717) is 18.3 Å². The zero-order valence-electron chi connectivity index (χ0n) is 14.5. The molecule has 1 aromatic rings. The van der Waals surface area contributed by atoms with Crippen LogP contribution in [0.25, 0.3) is 0 Å². The van der Waals surface area contributed by atoms with Gasteiger partial charge in [-0.2, -0.15) is 0 Å². The van der Waals surface area contributed by atoms with Crippen molar-refractivity contribution in [2.24, 2.45) is 5.92 Å². The Kier molecular flexibility index (Phi) is 3.24. The maximum atomic E-state index is 13.1. The van der Waals surface area contributed by atoms with E-state index >= 15 is 0 Å². The number of hydrogen-bond donors (Lipinski definition) is 0. The number of fused-ring (bicyclic) bond motifs is 4. The van der Waals surface area contributed by atoms with Crippen LogP contribution in [0.5, 0.6) is 11.5 Å². The van der Waals surface area contributed by atoms with Crippen LogP contribution < -0.4 is 9.47 Å². The third kappa shape index (κ3) is 2.01. The summed E-state index contributed by atoms with van der Waals surface area (Å²) in [5.41, 5.74) is 0.513. The number of allylic oxidation sites excluding steroid dienone is 1. The molecule has 0 aliphatic carbocycles.